The minimum absolute atomic E-state index is 1.11. The van der Waals surface area contributed by atoms with Gasteiger partial charge in [0.1, 0.15) is 0 Å². The van der Waals surface area contributed by atoms with Gasteiger partial charge in [0, 0.05) is 0 Å². The largest absolute Gasteiger partial charge is 0.0991 e. The minimum Gasteiger partial charge on any atom is -0.0991 e. The third kappa shape index (κ3) is 6.58. The molecule has 0 N–H and O–H groups in total. The zero-order valence-electron chi connectivity index (χ0n) is 24.3. The van der Waals surface area contributed by atoms with Crippen molar-refractivity contribution in [2.45, 2.75) is 40.5 Å². The second-order valence-electron chi connectivity index (χ2n) is 10.1. The van der Waals surface area contributed by atoms with Gasteiger partial charge in [0.15, 0.2) is 0 Å². The SMILES string of the molecule is C=C/C=C\C(=C/C)c1c(-c2ccccc2)c(/C(C)=C/C=C(\C)CCC)cc(-c2ccccc2)c1-c1ccccc1. The van der Waals surface area contributed by atoms with Gasteiger partial charge in [-0.25, -0.2) is 0 Å². The molecule has 0 aliphatic heterocycles. The fraction of sp³-hybridized carbons (Fsp3) is 0.150. The van der Waals surface area contributed by atoms with Gasteiger partial charge in [0.25, 0.3) is 0 Å². The summed E-state index contributed by atoms with van der Waals surface area (Å²) in [6.07, 6.45) is 15.1. The number of benzene rings is 4. The maximum absolute atomic E-state index is 3.96. The van der Waals surface area contributed by atoms with Crippen molar-refractivity contribution in [1.82, 2.24) is 0 Å². The lowest BCUT2D eigenvalue weighted by molar-refractivity contribution is 0.906. The highest BCUT2D eigenvalue weighted by molar-refractivity contribution is 6.04. The molecule has 0 spiro atoms. The van der Waals surface area contributed by atoms with Crippen molar-refractivity contribution >= 4 is 11.1 Å². The van der Waals surface area contributed by atoms with Crippen LogP contribution in [-0.4, -0.2) is 0 Å². The molecule has 0 aromatic heterocycles. The van der Waals surface area contributed by atoms with Crippen LogP contribution < -0.4 is 0 Å². The van der Waals surface area contributed by atoms with Crippen LogP contribution >= 0.6 is 0 Å². The van der Waals surface area contributed by atoms with Gasteiger partial charge in [0.05, 0.1) is 0 Å². The van der Waals surface area contributed by atoms with Crippen molar-refractivity contribution in [2.75, 3.05) is 0 Å². The molecule has 0 bridgehead atoms. The smallest absolute Gasteiger partial charge is 0.00177 e. The number of allylic oxidation sites excluding steroid dienone is 9. The molecule has 0 nitrogen and oxygen atoms in total. The Morgan fingerprint density at radius 3 is 1.80 bits per heavy atom. The van der Waals surface area contributed by atoms with E-state index in [1.165, 1.54) is 61.2 Å². The molecule has 0 atom stereocenters. The molecule has 0 heterocycles. The van der Waals surface area contributed by atoms with E-state index in [9.17, 15) is 0 Å². The van der Waals surface area contributed by atoms with Gasteiger partial charge >= 0.3 is 0 Å². The Hall–Kier alpha value is -4.42. The van der Waals surface area contributed by atoms with Gasteiger partial charge in [-0.15, -0.1) is 0 Å². The normalized spacial score (nSPS) is 12.7. The summed E-state index contributed by atoms with van der Waals surface area (Å²) in [5, 5.41) is 0. The average Bonchev–Trinajstić information content (AvgIpc) is 3.01. The minimum atomic E-state index is 1.11. The molecule has 40 heavy (non-hydrogen) atoms. The predicted octanol–water partition coefficient (Wildman–Crippen LogP) is 12.0. The van der Waals surface area contributed by atoms with E-state index in [1.54, 1.807) is 0 Å². The van der Waals surface area contributed by atoms with Gasteiger partial charge in [-0.2, -0.15) is 0 Å². The van der Waals surface area contributed by atoms with Crippen LogP contribution in [0.5, 0.6) is 0 Å². The van der Waals surface area contributed by atoms with E-state index in [4.69, 9.17) is 0 Å². The summed E-state index contributed by atoms with van der Waals surface area (Å²) in [7, 11) is 0. The van der Waals surface area contributed by atoms with E-state index in [1.807, 2.05) is 12.2 Å². The third-order valence-corrected chi connectivity index (χ3v) is 7.24. The Kier molecular flexibility index (Phi) is 10.1. The molecule has 0 saturated carbocycles. The van der Waals surface area contributed by atoms with Crippen molar-refractivity contribution in [3.8, 4) is 33.4 Å². The first-order valence-electron chi connectivity index (χ1n) is 14.3. The third-order valence-electron chi connectivity index (χ3n) is 7.24. The van der Waals surface area contributed by atoms with E-state index in [0.29, 0.717) is 0 Å². The summed E-state index contributed by atoms with van der Waals surface area (Å²) in [5.74, 6) is 0. The fourth-order valence-corrected chi connectivity index (χ4v) is 5.27. The maximum atomic E-state index is 3.96. The molecule has 200 valence electrons. The Bertz CT molecular complexity index is 1540. The zero-order chi connectivity index (χ0) is 28.3. The molecular weight excluding hydrogens is 480 g/mol. The van der Waals surface area contributed by atoms with Crippen LogP contribution in [0.4, 0.5) is 0 Å². The highest BCUT2D eigenvalue weighted by Crippen LogP contribution is 2.47. The molecule has 4 aromatic carbocycles. The lowest BCUT2D eigenvalue weighted by Gasteiger charge is -2.25. The van der Waals surface area contributed by atoms with Gasteiger partial charge in [0.2, 0.25) is 0 Å². The topological polar surface area (TPSA) is 0 Å². The number of hydrogen-bond donors (Lipinski definition) is 0. The molecule has 4 aromatic rings. The summed E-state index contributed by atoms with van der Waals surface area (Å²) in [5.41, 5.74) is 13.6. The summed E-state index contributed by atoms with van der Waals surface area (Å²) < 4.78 is 0. The average molecular weight is 521 g/mol. The Morgan fingerprint density at radius 2 is 1.27 bits per heavy atom. The highest BCUT2D eigenvalue weighted by atomic mass is 14.3. The van der Waals surface area contributed by atoms with Crippen molar-refractivity contribution < 1.29 is 0 Å². The molecule has 0 aliphatic rings. The van der Waals surface area contributed by atoms with E-state index in [0.717, 1.165) is 12.8 Å². The lowest BCUT2D eigenvalue weighted by Crippen LogP contribution is -2.01. The first-order chi connectivity index (χ1) is 19.6. The molecular formula is C40H40. The Balaban J connectivity index is 2.23. The molecule has 0 saturated heterocycles. The van der Waals surface area contributed by atoms with Crippen LogP contribution in [0, 0.1) is 0 Å². The highest BCUT2D eigenvalue weighted by Gasteiger charge is 2.23. The second kappa shape index (κ2) is 14.1. The molecule has 0 fully saturated rings. The first kappa shape index (κ1) is 28.6. The molecule has 0 unspecified atom stereocenters. The fourth-order valence-electron chi connectivity index (χ4n) is 5.27. The summed E-state index contributed by atoms with van der Waals surface area (Å²) in [6.45, 7) is 12.8. The first-order valence-corrected chi connectivity index (χ1v) is 14.3. The summed E-state index contributed by atoms with van der Waals surface area (Å²) >= 11 is 0. The standard InChI is InChI=1S/C40H40/c1-6-9-20-32(8-3)40-38(34-23-15-11-16-24-34)36(31(5)28-27-30(4)19-7-2)29-37(33-21-13-10-14-22-33)39(40)35-25-17-12-18-26-35/h6,8-18,20-29H,1,7,19H2,2-5H3/b20-9-,30-27+,31-28+,32-8+. The van der Waals surface area contributed by atoms with Gasteiger partial charge in [-0.3, -0.25) is 0 Å². The molecule has 4 rings (SSSR count). The Labute approximate surface area is 241 Å². The molecule has 0 aliphatic carbocycles. The van der Waals surface area contributed by atoms with Crippen molar-refractivity contribution in [2.24, 2.45) is 0 Å². The maximum Gasteiger partial charge on any atom is -0.00177 e. The molecule has 0 heteroatoms. The molecule has 0 radical (unpaired) electrons. The quantitative estimate of drug-likeness (QED) is 0.182. The molecule has 0 amide bonds. The monoisotopic (exact) mass is 520 g/mol. The van der Waals surface area contributed by atoms with Gasteiger partial charge < -0.3 is 0 Å². The van der Waals surface area contributed by atoms with E-state index >= 15 is 0 Å². The van der Waals surface area contributed by atoms with Crippen LogP contribution in [0.2, 0.25) is 0 Å². The van der Waals surface area contributed by atoms with E-state index in [-0.39, 0.29) is 0 Å². The second-order valence-corrected chi connectivity index (χ2v) is 10.1. The van der Waals surface area contributed by atoms with Gasteiger partial charge in [-0.05, 0) is 88.9 Å². The number of rotatable bonds is 10. The van der Waals surface area contributed by atoms with E-state index < -0.39 is 0 Å². The van der Waals surface area contributed by atoms with Crippen LogP contribution in [0.15, 0.2) is 146 Å². The number of hydrogen-bond acceptors (Lipinski definition) is 0. The van der Waals surface area contributed by atoms with Gasteiger partial charge in [-0.1, -0.05) is 153 Å². The predicted molar refractivity (Wildman–Crippen MR) is 178 cm³/mol. The summed E-state index contributed by atoms with van der Waals surface area (Å²) in [4.78, 5) is 0. The lowest BCUT2D eigenvalue weighted by atomic mass is 9.78. The Morgan fingerprint density at radius 1 is 0.725 bits per heavy atom. The van der Waals surface area contributed by atoms with Crippen LogP contribution in [-0.2, 0) is 0 Å². The van der Waals surface area contributed by atoms with Crippen LogP contribution in [0.3, 0.4) is 0 Å². The van der Waals surface area contributed by atoms with Crippen LogP contribution in [0.25, 0.3) is 44.5 Å². The van der Waals surface area contributed by atoms with Crippen molar-refractivity contribution in [3.63, 3.8) is 0 Å². The van der Waals surface area contributed by atoms with Crippen molar-refractivity contribution in [3.05, 3.63) is 157 Å². The van der Waals surface area contributed by atoms with Crippen LogP contribution in [0.1, 0.15) is 51.7 Å². The van der Waals surface area contributed by atoms with Crippen molar-refractivity contribution in [1.29, 1.82) is 0 Å². The van der Waals surface area contributed by atoms with E-state index in [2.05, 4.69) is 156 Å². The zero-order valence-corrected chi connectivity index (χ0v) is 24.3. The summed E-state index contributed by atoms with van der Waals surface area (Å²) in [6, 6.07) is 34.8.